The number of imide groups is 1. The highest BCUT2D eigenvalue weighted by Crippen LogP contribution is 2.40. The van der Waals surface area contributed by atoms with E-state index in [9.17, 15) is 36.0 Å². The number of aromatic nitrogens is 3. The number of halogens is 6. The number of ether oxygens (including phenoxy) is 1. The number of nitrogens with zero attached hydrogens (tertiary/aromatic N) is 4. The van der Waals surface area contributed by atoms with E-state index < -0.39 is 46.0 Å². The van der Waals surface area contributed by atoms with Crippen molar-refractivity contribution in [3.8, 4) is 23.8 Å². The quantitative estimate of drug-likeness (QED) is 0.231. The third-order valence-corrected chi connectivity index (χ3v) is 8.41. The van der Waals surface area contributed by atoms with Gasteiger partial charge in [-0.1, -0.05) is 40.7 Å². The van der Waals surface area contributed by atoms with Gasteiger partial charge < -0.3 is 4.74 Å². The first-order chi connectivity index (χ1) is 21.9. The van der Waals surface area contributed by atoms with Crippen molar-refractivity contribution in [2.45, 2.75) is 52.2 Å². The molecule has 250 valence electrons. The molecule has 11 nitrogen and oxygen atoms in total. The maximum atomic E-state index is 14.4. The Morgan fingerprint density at radius 3 is 2.09 bits per heavy atom. The summed E-state index contributed by atoms with van der Waals surface area (Å²) in [7, 11) is -3.65. The van der Waals surface area contributed by atoms with Crippen molar-refractivity contribution in [2.75, 3.05) is 15.9 Å². The highest BCUT2D eigenvalue weighted by molar-refractivity contribution is 7.92. The van der Waals surface area contributed by atoms with E-state index >= 15 is 0 Å². The van der Waals surface area contributed by atoms with Crippen LogP contribution in [0.2, 0.25) is 15.1 Å². The second kappa shape index (κ2) is 14.0. The van der Waals surface area contributed by atoms with Crippen molar-refractivity contribution in [1.82, 2.24) is 14.3 Å². The predicted molar refractivity (Wildman–Crippen MR) is 171 cm³/mol. The summed E-state index contributed by atoms with van der Waals surface area (Å²) in [6, 6.07) is 4.58. The molecule has 1 aliphatic carbocycles. The number of rotatable bonds is 7. The molecule has 2 amide bonds. The van der Waals surface area contributed by atoms with E-state index in [0.717, 1.165) is 36.1 Å². The number of nitrogens with one attached hydrogen (secondary N) is 1. The zero-order valence-electron chi connectivity index (χ0n) is 24.8. The minimum absolute atomic E-state index is 0.0233. The molecule has 1 aromatic heterocycles. The van der Waals surface area contributed by atoms with Crippen molar-refractivity contribution in [2.24, 2.45) is 0 Å². The maximum absolute atomic E-state index is 14.4. The third kappa shape index (κ3) is 7.62. The largest absolute Gasteiger partial charge is 0.476 e. The fourth-order valence-electron chi connectivity index (χ4n) is 4.80. The molecule has 1 N–H and O–H groups in total. The van der Waals surface area contributed by atoms with Crippen LogP contribution in [-0.2, 0) is 19.6 Å². The van der Waals surface area contributed by atoms with Gasteiger partial charge in [0.2, 0.25) is 10.0 Å². The molecule has 0 saturated heterocycles. The Kier molecular flexibility index (Phi) is 10.7. The lowest BCUT2D eigenvalue weighted by molar-refractivity contribution is -0.120. The maximum Gasteiger partial charge on any atom is 0.355 e. The van der Waals surface area contributed by atoms with Gasteiger partial charge in [0, 0.05) is 17.2 Å². The number of aryl methyl sites for hydroxylation is 1. The fourth-order valence-corrected chi connectivity index (χ4v) is 6.13. The molecular formula is C29H25Cl3F3N5O6S. The van der Waals surface area contributed by atoms with Gasteiger partial charge in [0.1, 0.15) is 17.4 Å². The van der Waals surface area contributed by atoms with Gasteiger partial charge in [-0.3, -0.25) is 14.3 Å². The molecule has 2 aliphatic rings. The molecule has 0 spiro atoms. The Labute approximate surface area is 281 Å². The zero-order chi connectivity index (χ0) is 35.0. The van der Waals surface area contributed by atoms with Gasteiger partial charge in [0.15, 0.2) is 6.10 Å². The van der Waals surface area contributed by atoms with E-state index in [4.69, 9.17) is 46.0 Å². The van der Waals surface area contributed by atoms with Crippen molar-refractivity contribution in [3.63, 3.8) is 0 Å². The van der Waals surface area contributed by atoms with E-state index in [1.807, 2.05) is 0 Å². The second-order valence-electron chi connectivity index (χ2n) is 10.3. The second-order valence-corrected chi connectivity index (χ2v) is 13.3. The number of hydrogen-bond donors (Lipinski definition) is 1. The molecule has 1 unspecified atom stereocenters. The van der Waals surface area contributed by atoms with Crippen LogP contribution in [0.15, 0.2) is 40.2 Å². The van der Waals surface area contributed by atoms with Crippen LogP contribution in [0, 0.1) is 25.1 Å². The summed E-state index contributed by atoms with van der Waals surface area (Å²) in [6.07, 6.45) is 8.37. The number of terminal acetylenes is 1. The van der Waals surface area contributed by atoms with Crippen molar-refractivity contribution >= 4 is 68.0 Å². The van der Waals surface area contributed by atoms with E-state index in [2.05, 4.69) is 15.7 Å². The van der Waals surface area contributed by atoms with Crippen LogP contribution in [0.5, 0.6) is 5.75 Å². The van der Waals surface area contributed by atoms with Crippen LogP contribution >= 0.6 is 34.8 Å². The molecule has 2 heterocycles. The smallest absolute Gasteiger partial charge is 0.355 e. The van der Waals surface area contributed by atoms with E-state index in [1.165, 1.54) is 19.1 Å². The molecular weight excluding hydrogens is 710 g/mol. The number of carbonyl (C=O) groups is 2. The number of amides is 2. The lowest BCUT2D eigenvalue weighted by Gasteiger charge is -2.19. The van der Waals surface area contributed by atoms with E-state index in [1.54, 1.807) is 6.92 Å². The molecule has 18 heteroatoms. The van der Waals surface area contributed by atoms with Crippen molar-refractivity contribution in [3.05, 3.63) is 72.6 Å². The Bertz CT molecular complexity index is 2000. The minimum atomic E-state index is -3.65. The first-order valence-corrected chi connectivity index (χ1v) is 16.6. The van der Waals surface area contributed by atoms with Crippen LogP contribution in [0.1, 0.15) is 45.0 Å². The topological polar surface area (TPSA) is 133 Å². The predicted octanol–water partition coefficient (Wildman–Crippen LogP) is 6.04. The van der Waals surface area contributed by atoms with E-state index in [-0.39, 0.29) is 48.3 Å². The Morgan fingerprint density at radius 1 is 0.979 bits per heavy atom. The van der Waals surface area contributed by atoms with Crippen molar-refractivity contribution in [1.29, 1.82) is 0 Å². The van der Waals surface area contributed by atoms with Crippen LogP contribution < -0.4 is 20.0 Å². The summed E-state index contributed by atoms with van der Waals surface area (Å²) < 4.78 is 71.1. The number of benzene rings is 2. The van der Waals surface area contributed by atoms with Gasteiger partial charge in [-0.05, 0) is 57.7 Å². The van der Waals surface area contributed by atoms with Gasteiger partial charge in [0.25, 0.3) is 11.8 Å². The Hall–Kier alpha value is -3.97. The molecule has 0 fully saturated rings. The molecule has 2 aromatic carbocycles. The molecule has 3 aromatic rings. The molecule has 0 saturated carbocycles. The molecule has 1 aliphatic heterocycles. The minimum Gasteiger partial charge on any atom is -0.476 e. The Morgan fingerprint density at radius 2 is 1.57 bits per heavy atom. The molecule has 0 radical (unpaired) electrons. The lowest BCUT2D eigenvalue weighted by Crippen LogP contribution is -2.32. The normalized spacial score (nSPS) is 15.3. The third-order valence-electron chi connectivity index (χ3n) is 6.91. The van der Waals surface area contributed by atoms with Crippen LogP contribution in [-0.4, -0.2) is 46.9 Å². The first-order valence-electron chi connectivity index (χ1n) is 13.6. The average molecular weight is 735 g/mol. The number of alkyl halides is 2. The van der Waals surface area contributed by atoms with Crippen molar-refractivity contribution < 1.29 is 35.9 Å². The highest BCUT2D eigenvalue weighted by atomic mass is 35.5. The molecule has 1 atom stereocenters. The zero-order valence-corrected chi connectivity index (χ0v) is 27.9. The SMILES string of the molecule is C#CC(C)Oc1cc(N2C(=O)C3=C(CCCC3)C2=O)c(F)cc1Cl.Cc1nn(-c2cc(NS(C)(=O)=O)c(Cl)cc2Cl)c(=O)n1C(F)F. The summed E-state index contributed by atoms with van der Waals surface area (Å²) in [5.41, 5.74) is -0.463. The number of anilines is 2. The highest BCUT2D eigenvalue weighted by Gasteiger charge is 2.41. The van der Waals surface area contributed by atoms with Crippen LogP contribution in [0.25, 0.3) is 5.69 Å². The lowest BCUT2D eigenvalue weighted by atomic mass is 9.93. The van der Waals surface area contributed by atoms with Gasteiger partial charge >= 0.3 is 12.2 Å². The summed E-state index contributed by atoms with van der Waals surface area (Å²) in [5.74, 6) is 0.579. The van der Waals surface area contributed by atoms with Gasteiger partial charge in [-0.2, -0.15) is 13.5 Å². The Balaban J connectivity index is 0.000000213. The van der Waals surface area contributed by atoms with E-state index in [0.29, 0.717) is 28.7 Å². The number of hydrogen-bond acceptors (Lipinski definition) is 7. The summed E-state index contributed by atoms with van der Waals surface area (Å²) in [5, 5.41) is 3.65. The van der Waals surface area contributed by atoms with Crippen LogP contribution in [0.4, 0.5) is 24.5 Å². The van der Waals surface area contributed by atoms with Gasteiger partial charge in [0.05, 0.1) is 38.4 Å². The molecule has 47 heavy (non-hydrogen) atoms. The number of carbonyl (C=O) groups excluding carboxylic acids is 2. The van der Waals surface area contributed by atoms with Gasteiger partial charge in [-0.15, -0.1) is 11.5 Å². The van der Waals surface area contributed by atoms with Gasteiger partial charge in [-0.25, -0.2) is 27.1 Å². The summed E-state index contributed by atoms with van der Waals surface area (Å²) >= 11 is 17.8. The summed E-state index contributed by atoms with van der Waals surface area (Å²) in [6.45, 7) is -0.217. The monoisotopic (exact) mass is 733 g/mol. The number of sulfonamides is 1. The summed E-state index contributed by atoms with van der Waals surface area (Å²) in [4.78, 5) is 38.0. The fraction of sp³-hybridized carbons (Fsp3) is 0.310. The molecule has 0 bridgehead atoms. The first kappa shape index (κ1) is 35.9. The standard InChI is InChI=1S/C18H15ClFNO3.C11H10Cl2F2N4O3S/c1-3-10(2)24-16-9-15(14(20)8-13(16)19)21-17(22)11-6-4-5-7-12(11)18(21)23;1-5-16-19(11(20)18(5)10(14)15)9-4-8(17-23(2,21)22)6(12)3-7(9)13/h1,8-10H,4-7H2,2H3;3-4,10,17H,1-2H3. The molecule has 5 rings (SSSR count). The average Bonchev–Trinajstić information content (AvgIpc) is 3.42. The van der Waals surface area contributed by atoms with Crippen LogP contribution in [0.3, 0.4) is 0 Å².